The van der Waals surface area contributed by atoms with Crippen molar-refractivity contribution in [3.05, 3.63) is 76.4 Å². The Morgan fingerprint density at radius 3 is 2.81 bits per heavy atom. The molecule has 0 saturated carbocycles. The molecule has 4 nitrogen and oxygen atoms in total. The molecule has 1 N–H and O–H groups in total. The van der Waals surface area contributed by atoms with Crippen molar-refractivity contribution >= 4 is 32.8 Å². The van der Waals surface area contributed by atoms with E-state index in [4.69, 9.17) is 4.98 Å². The minimum absolute atomic E-state index is 0.0609. The zero-order valence-corrected chi connectivity index (χ0v) is 16.5. The maximum Gasteiger partial charge on any atom is 0.307 e. The van der Waals surface area contributed by atoms with Crippen LogP contribution in [0.5, 0.6) is 0 Å². The number of hydrogen-bond acceptors (Lipinski definition) is 3. The number of nitrogens with zero attached hydrogens (tertiary/aromatic N) is 2. The molecule has 4 rings (SSSR count). The Labute approximate surface area is 167 Å². The molecule has 1 saturated heterocycles. The highest BCUT2D eigenvalue weighted by Gasteiger charge is 2.32. The molecule has 1 fully saturated rings. The molecule has 3 aromatic rings. The van der Waals surface area contributed by atoms with Crippen molar-refractivity contribution in [3.8, 4) is 0 Å². The second-order valence-corrected chi connectivity index (χ2v) is 7.97. The summed E-state index contributed by atoms with van der Waals surface area (Å²) < 4.78 is 1.01. The van der Waals surface area contributed by atoms with Gasteiger partial charge in [-0.05, 0) is 49.2 Å². The van der Waals surface area contributed by atoms with Crippen LogP contribution in [0.2, 0.25) is 0 Å². The number of halogens is 1. The van der Waals surface area contributed by atoms with Crippen molar-refractivity contribution in [1.82, 2.24) is 9.88 Å². The Hall–Kier alpha value is -2.24. The van der Waals surface area contributed by atoms with Gasteiger partial charge in [-0.1, -0.05) is 52.3 Å². The van der Waals surface area contributed by atoms with Crippen molar-refractivity contribution in [2.24, 2.45) is 5.92 Å². The lowest BCUT2D eigenvalue weighted by molar-refractivity contribution is -0.143. The van der Waals surface area contributed by atoms with Crippen molar-refractivity contribution in [3.63, 3.8) is 0 Å². The summed E-state index contributed by atoms with van der Waals surface area (Å²) in [6, 6.07) is 20.4. The SMILES string of the molecule is O=C(O)C1CCCN(C(c2cccc(Br)c2)c2ccc3ccccc3n2)C1. The molecule has 0 bridgehead atoms. The third-order valence-corrected chi connectivity index (χ3v) is 5.72. The van der Waals surface area contributed by atoms with Crippen LogP contribution in [0.4, 0.5) is 0 Å². The monoisotopic (exact) mass is 424 g/mol. The zero-order valence-electron chi connectivity index (χ0n) is 14.9. The number of aliphatic carboxylic acids is 1. The van der Waals surface area contributed by atoms with E-state index in [1.807, 2.05) is 30.3 Å². The average molecular weight is 425 g/mol. The number of benzene rings is 2. The fraction of sp³-hybridized carbons (Fsp3) is 0.273. The number of hydrogen-bond donors (Lipinski definition) is 1. The average Bonchev–Trinajstić information content (AvgIpc) is 2.68. The predicted octanol–water partition coefficient (Wildman–Crippen LogP) is 4.88. The number of fused-ring (bicyclic) bond motifs is 1. The Morgan fingerprint density at radius 2 is 2.00 bits per heavy atom. The molecule has 2 aromatic carbocycles. The highest BCUT2D eigenvalue weighted by molar-refractivity contribution is 9.10. The van der Waals surface area contributed by atoms with Gasteiger partial charge in [-0.3, -0.25) is 14.7 Å². The van der Waals surface area contributed by atoms with E-state index >= 15 is 0 Å². The summed E-state index contributed by atoms with van der Waals surface area (Å²) in [5, 5.41) is 10.6. The van der Waals surface area contributed by atoms with E-state index < -0.39 is 5.97 Å². The number of para-hydroxylation sites is 1. The van der Waals surface area contributed by atoms with Gasteiger partial charge in [-0.15, -0.1) is 0 Å². The molecule has 5 heteroatoms. The summed E-state index contributed by atoms with van der Waals surface area (Å²) in [6.45, 7) is 1.41. The largest absolute Gasteiger partial charge is 0.481 e. The number of carboxylic acid groups (broad SMARTS) is 1. The molecule has 27 heavy (non-hydrogen) atoms. The van der Waals surface area contributed by atoms with Crippen LogP contribution in [0.3, 0.4) is 0 Å². The van der Waals surface area contributed by atoms with Crippen molar-refractivity contribution in [2.45, 2.75) is 18.9 Å². The number of carboxylic acids is 1. The van der Waals surface area contributed by atoms with Gasteiger partial charge in [0, 0.05) is 16.4 Å². The van der Waals surface area contributed by atoms with Crippen LogP contribution in [-0.2, 0) is 4.79 Å². The molecule has 138 valence electrons. The van der Waals surface area contributed by atoms with E-state index in [1.165, 1.54) is 0 Å². The van der Waals surface area contributed by atoms with Crippen LogP contribution >= 0.6 is 15.9 Å². The molecule has 1 aliphatic heterocycles. The van der Waals surface area contributed by atoms with Gasteiger partial charge < -0.3 is 5.11 Å². The molecular weight excluding hydrogens is 404 g/mol. The third-order valence-electron chi connectivity index (χ3n) is 5.23. The van der Waals surface area contributed by atoms with Gasteiger partial charge in [0.15, 0.2) is 0 Å². The lowest BCUT2D eigenvalue weighted by Crippen LogP contribution is -2.41. The smallest absolute Gasteiger partial charge is 0.307 e. The molecule has 1 aliphatic rings. The molecule has 1 aromatic heterocycles. The van der Waals surface area contributed by atoms with Gasteiger partial charge in [-0.25, -0.2) is 0 Å². The fourth-order valence-corrected chi connectivity index (χ4v) is 4.34. The number of pyridine rings is 1. The number of carbonyl (C=O) groups is 1. The lowest BCUT2D eigenvalue weighted by Gasteiger charge is -2.37. The Morgan fingerprint density at radius 1 is 1.15 bits per heavy atom. The number of piperidine rings is 1. The Kier molecular flexibility index (Phi) is 5.23. The number of aromatic nitrogens is 1. The van der Waals surface area contributed by atoms with E-state index in [0.29, 0.717) is 6.54 Å². The zero-order chi connectivity index (χ0) is 18.8. The minimum atomic E-state index is -0.709. The molecule has 2 unspecified atom stereocenters. The third kappa shape index (κ3) is 3.89. The van der Waals surface area contributed by atoms with Gasteiger partial charge in [-0.2, -0.15) is 0 Å². The summed E-state index contributed by atoms with van der Waals surface area (Å²) >= 11 is 3.57. The summed E-state index contributed by atoms with van der Waals surface area (Å²) in [5.41, 5.74) is 3.04. The summed E-state index contributed by atoms with van der Waals surface area (Å²) in [5.74, 6) is -1.03. The highest BCUT2D eigenvalue weighted by Crippen LogP contribution is 2.33. The summed E-state index contributed by atoms with van der Waals surface area (Å²) in [7, 11) is 0. The molecular formula is C22H21BrN2O2. The normalized spacial score (nSPS) is 19.1. The van der Waals surface area contributed by atoms with Crippen LogP contribution < -0.4 is 0 Å². The van der Waals surface area contributed by atoms with Crippen LogP contribution in [0.25, 0.3) is 10.9 Å². The maximum atomic E-state index is 11.6. The van der Waals surface area contributed by atoms with Gasteiger partial charge >= 0.3 is 5.97 Å². The summed E-state index contributed by atoms with van der Waals surface area (Å²) in [4.78, 5) is 18.8. The minimum Gasteiger partial charge on any atom is -0.481 e. The van der Waals surface area contributed by atoms with E-state index in [0.717, 1.165) is 46.0 Å². The first-order valence-corrected chi connectivity index (χ1v) is 9.99. The molecule has 0 aliphatic carbocycles. The highest BCUT2D eigenvalue weighted by atomic mass is 79.9. The van der Waals surface area contributed by atoms with E-state index in [2.05, 4.69) is 51.2 Å². The Bertz CT molecular complexity index is 975. The van der Waals surface area contributed by atoms with Crippen LogP contribution in [-0.4, -0.2) is 34.0 Å². The van der Waals surface area contributed by atoms with Crippen LogP contribution in [0.1, 0.15) is 30.1 Å². The molecule has 0 amide bonds. The van der Waals surface area contributed by atoms with Gasteiger partial charge in [0.1, 0.15) is 0 Å². The van der Waals surface area contributed by atoms with E-state index in [-0.39, 0.29) is 12.0 Å². The first kappa shape index (κ1) is 18.1. The topological polar surface area (TPSA) is 53.4 Å². The standard InChI is InChI=1S/C22H21BrN2O2/c23-18-8-3-6-16(13-18)21(25-12-4-7-17(14-25)22(26)27)20-11-10-15-5-1-2-9-19(15)24-20/h1-3,5-6,8-11,13,17,21H,4,7,12,14H2,(H,26,27). The van der Waals surface area contributed by atoms with Crippen molar-refractivity contribution < 1.29 is 9.90 Å². The van der Waals surface area contributed by atoms with Crippen molar-refractivity contribution in [2.75, 3.05) is 13.1 Å². The molecule has 2 atom stereocenters. The number of likely N-dealkylation sites (tertiary alicyclic amines) is 1. The second-order valence-electron chi connectivity index (χ2n) is 7.06. The first-order chi connectivity index (χ1) is 13.1. The molecule has 0 radical (unpaired) electrons. The van der Waals surface area contributed by atoms with Gasteiger partial charge in [0.05, 0.1) is 23.2 Å². The van der Waals surface area contributed by atoms with E-state index in [9.17, 15) is 9.90 Å². The lowest BCUT2D eigenvalue weighted by atomic mass is 9.93. The van der Waals surface area contributed by atoms with Gasteiger partial charge in [0.25, 0.3) is 0 Å². The maximum absolute atomic E-state index is 11.6. The van der Waals surface area contributed by atoms with Crippen LogP contribution in [0, 0.1) is 5.92 Å². The summed E-state index contributed by atoms with van der Waals surface area (Å²) in [6.07, 6.45) is 1.62. The Balaban J connectivity index is 1.78. The predicted molar refractivity (Wildman–Crippen MR) is 110 cm³/mol. The van der Waals surface area contributed by atoms with E-state index in [1.54, 1.807) is 0 Å². The number of rotatable bonds is 4. The molecule has 0 spiro atoms. The first-order valence-electron chi connectivity index (χ1n) is 9.20. The van der Waals surface area contributed by atoms with Crippen molar-refractivity contribution in [1.29, 1.82) is 0 Å². The van der Waals surface area contributed by atoms with Crippen LogP contribution in [0.15, 0.2) is 65.1 Å². The fourth-order valence-electron chi connectivity index (χ4n) is 3.92. The molecule has 2 heterocycles. The second kappa shape index (κ2) is 7.79. The quantitative estimate of drug-likeness (QED) is 0.647. The van der Waals surface area contributed by atoms with Gasteiger partial charge in [0.2, 0.25) is 0 Å².